The third kappa shape index (κ3) is 4.78. The van der Waals surface area contributed by atoms with Crippen molar-refractivity contribution in [3.8, 4) is 6.07 Å². The maximum absolute atomic E-state index is 9.21. The molecule has 0 amide bonds. The highest BCUT2D eigenvalue weighted by molar-refractivity contribution is 6.69. The van der Waals surface area contributed by atoms with Crippen LogP contribution in [0.1, 0.15) is 39.5 Å². The van der Waals surface area contributed by atoms with Crippen LogP contribution in [0, 0.1) is 11.3 Å². The average molecular weight is 213 g/mol. The number of rotatable bonds is 6. The molecule has 0 radical (unpaired) electrons. The zero-order valence-corrected chi connectivity index (χ0v) is 11.2. The van der Waals surface area contributed by atoms with Gasteiger partial charge in [0.25, 0.3) is 0 Å². The Morgan fingerprint density at radius 2 is 1.86 bits per heavy atom. The quantitative estimate of drug-likeness (QED) is 0.630. The number of nitrogens with zero attached hydrogens (tertiary/aromatic N) is 1. The van der Waals surface area contributed by atoms with Crippen LogP contribution in [0.25, 0.3) is 0 Å². The van der Waals surface area contributed by atoms with Crippen molar-refractivity contribution in [2.24, 2.45) is 0 Å². The van der Waals surface area contributed by atoms with E-state index in [1.54, 1.807) is 0 Å². The second kappa shape index (κ2) is 5.52. The number of nitriles is 1. The highest BCUT2D eigenvalue weighted by Crippen LogP contribution is 2.26. The van der Waals surface area contributed by atoms with Gasteiger partial charge >= 0.3 is 0 Å². The van der Waals surface area contributed by atoms with Gasteiger partial charge in [-0.15, -0.1) is 0 Å². The molecular formula is C11H23NOSi. The minimum Gasteiger partial charge on any atom is -0.400 e. The zero-order chi connectivity index (χ0) is 11.2. The van der Waals surface area contributed by atoms with Crippen molar-refractivity contribution in [1.29, 1.82) is 5.26 Å². The van der Waals surface area contributed by atoms with Gasteiger partial charge < -0.3 is 4.43 Å². The van der Waals surface area contributed by atoms with E-state index in [-0.39, 0.29) is 0 Å². The number of unbranched alkanes of at least 4 members (excludes halogenated alkanes) is 1. The summed E-state index contributed by atoms with van der Waals surface area (Å²) < 4.78 is 6.00. The Morgan fingerprint density at radius 1 is 1.29 bits per heavy atom. The highest BCUT2D eigenvalue weighted by Gasteiger charge is 2.33. The third-order valence-corrected chi connectivity index (χ3v) is 3.21. The van der Waals surface area contributed by atoms with Crippen LogP contribution in [0.3, 0.4) is 0 Å². The molecular weight excluding hydrogens is 190 g/mol. The molecule has 0 bridgehead atoms. The van der Waals surface area contributed by atoms with E-state index in [1.165, 1.54) is 0 Å². The topological polar surface area (TPSA) is 33.0 Å². The lowest BCUT2D eigenvalue weighted by Crippen LogP contribution is -2.41. The summed E-state index contributed by atoms with van der Waals surface area (Å²) >= 11 is 0. The van der Waals surface area contributed by atoms with Crippen LogP contribution in [0.2, 0.25) is 19.6 Å². The smallest absolute Gasteiger partial charge is 0.185 e. The lowest BCUT2D eigenvalue weighted by Gasteiger charge is -2.32. The molecule has 0 heterocycles. The fraction of sp³-hybridized carbons (Fsp3) is 0.909. The first-order valence-corrected chi connectivity index (χ1v) is 8.91. The predicted molar refractivity (Wildman–Crippen MR) is 62.6 cm³/mol. The lowest BCUT2D eigenvalue weighted by atomic mass is 9.96. The summed E-state index contributed by atoms with van der Waals surface area (Å²) in [5.41, 5.74) is -0.513. The number of hydrogen-bond donors (Lipinski definition) is 0. The first-order chi connectivity index (χ1) is 6.39. The van der Waals surface area contributed by atoms with Crippen LogP contribution in [-0.4, -0.2) is 13.9 Å². The maximum atomic E-state index is 9.21. The van der Waals surface area contributed by atoms with Crippen LogP contribution >= 0.6 is 0 Å². The largest absolute Gasteiger partial charge is 0.400 e. The predicted octanol–water partition coefficient (Wildman–Crippen LogP) is 3.70. The van der Waals surface area contributed by atoms with Gasteiger partial charge in [0.2, 0.25) is 0 Å². The Hall–Kier alpha value is -0.333. The molecule has 14 heavy (non-hydrogen) atoms. The maximum Gasteiger partial charge on any atom is 0.185 e. The van der Waals surface area contributed by atoms with Crippen LogP contribution in [0.15, 0.2) is 0 Å². The highest BCUT2D eigenvalue weighted by atomic mass is 28.4. The second-order valence-corrected chi connectivity index (χ2v) is 9.21. The van der Waals surface area contributed by atoms with E-state index < -0.39 is 13.9 Å². The van der Waals surface area contributed by atoms with E-state index in [2.05, 4.69) is 32.6 Å². The molecule has 0 aliphatic rings. The molecule has 0 aromatic heterocycles. The van der Waals surface area contributed by atoms with Gasteiger partial charge in [0.15, 0.2) is 8.32 Å². The molecule has 0 rings (SSSR count). The van der Waals surface area contributed by atoms with Gasteiger partial charge in [-0.25, -0.2) is 0 Å². The third-order valence-electron chi connectivity index (χ3n) is 2.21. The van der Waals surface area contributed by atoms with E-state index in [9.17, 15) is 5.26 Å². The molecule has 82 valence electrons. The van der Waals surface area contributed by atoms with Gasteiger partial charge in [-0.05, 0) is 38.9 Å². The Bertz CT molecular complexity index is 204. The van der Waals surface area contributed by atoms with E-state index in [1.807, 2.05) is 6.92 Å². The van der Waals surface area contributed by atoms with E-state index in [0.717, 1.165) is 25.7 Å². The van der Waals surface area contributed by atoms with Crippen LogP contribution in [-0.2, 0) is 4.43 Å². The second-order valence-electron chi connectivity index (χ2n) is 4.78. The van der Waals surface area contributed by atoms with Gasteiger partial charge in [0.1, 0.15) is 5.60 Å². The Labute approximate surface area is 89.4 Å². The molecule has 1 unspecified atom stereocenters. The molecule has 0 spiro atoms. The fourth-order valence-corrected chi connectivity index (χ4v) is 2.97. The van der Waals surface area contributed by atoms with Crippen molar-refractivity contribution in [3.63, 3.8) is 0 Å². The summed E-state index contributed by atoms with van der Waals surface area (Å²) in [6.45, 7) is 10.6. The summed E-state index contributed by atoms with van der Waals surface area (Å²) in [7, 11) is -1.61. The van der Waals surface area contributed by atoms with E-state index >= 15 is 0 Å². The zero-order valence-electron chi connectivity index (χ0n) is 10.2. The van der Waals surface area contributed by atoms with Crippen molar-refractivity contribution in [3.05, 3.63) is 0 Å². The standard InChI is InChI=1S/C11H23NOSi/c1-6-8-9-11(7-2,10-12)13-14(3,4)5/h6-9H2,1-5H3. The monoisotopic (exact) mass is 213 g/mol. The molecule has 0 aliphatic carbocycles. The minimum absolute atomic E-state index is 0.513. The summed E-state index contributed by atoms with van der Waals surface area (Å²) in [5, 5.41) is 9.21. The molecule has 0 saturated carbocycles. The SMILES string of the molecule is CCCCC(C#N)(CC)O[Si](C)(C)C. The first-order valence-electron chi connectivity index (χ1n) is 5.50. The lowest BCUT2D eigenvalue weighted by molar-refractivity contribution is 0.103. The summed E-state index contributed by atoms with van der Waals surface area (Å²) in [4.78, 5) is 0. The van der Waals surface area contributed by atoms with Gasteiger partial charge in [-0.1, -0.05) is 20.3 Å². The molecule has 3 heteroatoms. The fourth-order valence-electron chi connectivity index (χ4n) is 1.51. The van der Waals surface area contributed by atoms with Crippen molar-refractivity contribution in [2.75, 3.05) is 0 Å². The normalized spacial score (nSPS) is 16.0. The number of hydrogen-bond acceptors (Lipinski definition) is 2. The molecule has 0 saturated heterocycles. The van der Waals surface area contributed by atoms with E-state index in [0.29, 0.717) is 0 Å². The molecule has 0 aromatic rings. The van der Waals surface area contributed by atoms with Gasteiger partial charge in [0, 0.05) is 0 Å². The minimum atomic E-state index is -1.61. The summed E-state index contributed by atoms with van der Waals surface area (Å²) in [6, 6.07) is 2.37. The van der Waals surface area contributed by atoms with Crippen LogP contribution in [0.5, 0.6) is 0 Å². The Morgan fingerprint density at radius 3 is 2.14 bits per heavy atom. The molecule has 0 N–H and O–H groups in total. The van der Waals surface area contributed by atoms with Crippen LogP contribution in [0.4, 0.5) is 0 Å². The Kier molecular flexibility index (Phi) is 5.39. The van der Waals surface area contributed by atoms with Crippen molar-refractivity contribution >= 4 is 8.32 Å². The van der Waals surface area contributed by atoms with Gasteiger partial charge in [0.05, 0.1) is 6.07 Å². The van der Waals surface area contributed by atoms with Crippen molar-refractivity contribution in [2.45, 2.75) is 64.8 Å². The molecule has 1 atom stereocenters. The summed E-state index contributed by atoms with van der Waals surface area (Å²) in [5.74, 6) is 0. The summed E-state index contributed by atoms with van der Waals surface area (Å²) in [6.07, 6.45) is 3.87. The van der Waals surface area contributed by atoms with E-state index in [4.69, 9.17) is 4.43 Å². The van der Waals surface area contributed by atoms with Crippen molar-refractivity contribution in [1.82, 2.24) is 0 Å². The van der Waals surface area contributed by atoms with Gasteiger partial charge in [-0.3, -0.25) is 0 Å². The van der Waals surface area contributed by atoms with Gasteiger partial charge in [-0.2, -0.15) is 5.26 Å². The molecule has 0 aromatic carbocycles. The van der Waals surface area contributed by atoms with Crippen LogP contribution < -0.4 is 0 Å². The Balaban J connectivity index is 4.47. The molecule has 0 aliphatic heterocycles. The van der Waals surface area contributed by atoms with Crippen molar-refractivity contribution < 1.29 is 4.43 Å². The molecule has 0 fully saturated rings. The first kappa shape index (κ1) is 13.7. The molecule has 2 nitrogen and oxygen atoms in total. The average Bonchev–Trinajstić information content (AvgIpc) is 2.10.